The largest absolute Gasteiger partial charge is 0.256 e. The SMILES string of the molecule is N#Cc1ccc(-c2ccc(-c3ccccc3)cn2)cc1. The number of nitrogens with zero attached hydrogens (tertiary/aromatic N) is 2. The molecule has 0 saturated heterocycles. The third kappa shape index (κ3) is 2.43. The molecule has 2 aromatic carbocycles. The van der Waals surface area contributed by atoms with Crippen LogP contribution in [0, 0.1) is 11.3 Å². The maximum Gasteiger partial charge on any atom is 0.0991 e. The fourth-order valence-electron chi connectivity index (χ4n) is 2.08. The molecule has 0 unspecified atom stereocenters. The highest BCUT2D eigenvalue weighted by atomic mass is 14.7. The predicted octanol–water partition coefficient (Wildman–Crippen LogP) is 4.29. The van der Waals surface area contributed by atoms with Gasteiger partial charge in [0.2, 0.25) is 0 Å². The maximum absolute atomic E-state index is 8.80. The number of hydrogen-bond acceptors (Lipinski definition) is 2. The van der Waals surface area contributed by atoms with Gasteiger partial charge in [0.1, 0.15) is 0 Å². The molecule has 1 heterocycles. The first-order valence-corrected chi connectivity index (χ1v) is 6.39. The molecule has 0 radical (unpaired) electrons. The lowest BCUT2D eigenvalue weighted by Gasteiger charge is -2.04. The first kappa shape index (κ1) is 12.1. The first-order chi connectivity index (χ1) is 9.86. The van der Waals surface area contributed by atoms with Crippen LogP contribution in [0.3, 0.4) is 0 Å². The Morgan fingerprint density at radius 1 is 0.700 bits per heavy atom. The van der Waals surface area contributed by atoms with Crippen LogP contribution in [0.25, 0.3) is 22.4 Å². The zero-order valence-corrected chi connectivity index (χ0v) is 10.8. The van der Waals surface area contributed by atoms with Crippen LogP contribution in [0.1, 0.15) is 5.56 Å². The molecule has 2 heteroatoms. The molecule has 1 aromatic heterocycles. The Bertz CT molecular complexity index is 736. The molecule has 0 saturated carbocycles. The van der Waals surface area contributed by atoms with Gasteiger partial charge < -0.3 is 0 Å². The fourth-order valence-corrected chi connectivity index (χ4v) is 2.08. The highest BCUT2D eigenvalue weighted by molar-refractivity contribution is 5.67. The van der Waals surface area contributed by atoms with Crippen LogP contribution in [0.5, 0.6) is 0 Å². The van der Waals surface area contributed by atoms with E-state index >= 15 is 0 Å². The number of nitriles is 1. The van der Waals surface area contributed by atoms with E-state index in [2.05, 4.69) is 29.3 Å². The molecule has 0 fully saturated rings. The summed E-state index contributed by atoms with van der Waals surface area (Å²) in [6.07, 6.45) is 1.88. The van der Waals surface area contributed by atoms with Gasteiger partial charge in [0.25, 0.3) is 0 Å². The van der Waals surface area contributed by atoms with Gasteiger partial charge in [0.05, 0.1) is 17.3 Å². The minimum atomic E-state index is 0.662. The van der Waals surface area contributed by atoms with Crippen LogP contribution < -0.4 is 0 Å². The standard InChI is InChI=1S/C18H12N2/c19-12-14-6-8-16(9-7-14)18-11-10-17(13-20-18)15-4-2-1-3-5-15/h1-11,13H. The molecular weight excluding hydrogens is 244 g/mol. The van der Waals surface area contributed by atoms with Gasteiger partial charge in [-0.15, -0.1) is 0 Å². The van der Waals surface area contributed by atoms with Crippen LogP contribution >= 0.6 is 0 Å². The molecule has 3 aromatic rings. The second kappa shape index (κ2) is 5.38. The Labute approximate surface area is 118 Å². The molecule has 94 valence electrons. The van der Waals surface area contributed by atoms with Crippen molar-refractivity contribution >= 4 is 0 Å². The smallest absolute Gasteiger partial charge is 0.0991 e. The summed E-state index contributed by atoms with van der Waals surface area (Å²) in [6, 6.07) is 23.8. The average molecular weight is 256 g/mol. The number of rotatable bonds is 2. The first-order valence-electron chi connectivity index (χ1n) is 6.39. The summed E-state index contributed by atoms with van der Waals surface area (Å²) in [4.78, 5) is 4.50. The van der Waals surface area contributed by atoms with E-state index in [9.17, 15) is 0 Å². The fraction of sp³-hybridized carbons (Fsp3) is 0. The summed E-state index contributed by atoms with van der Waals surface area (Å²) in [5, 5.41) is 8.80. The second-order valence-electron chi connectivity index (χ2n) is 4.49. The van der Waals surface area contributed by atoms with Crippen molar-refractivity contribution in [3.8, 4) is 28.5 Å². The van der Waals surface area contributed by atoms with Crippen molar-refractivity contribution in [2.45, 2.75) is 0 Å². The highest BCUT2D eigenvalue weighted by Gasteiger charge is 2.01. The van der Waals surface area contributed by atoms with Gasteiger partial charge in [0.15, 0.2) is 0 Å². The van der Waals surface area contributed by atoms with E-state index in [0.29, 0.717) is 5.56 Å². The molecule has 0 aliphatic heterocycles. The van der Waals surface area contributed by atoms with Gasteiger partial charge in [-0.3, -0.25) is 4.98 Å². The lowest BCUT2D eigenvalue weighted by molar-refractivity contribution is 1.32. The molecule has 0 atom stereocenters. The molecule has 0 aliphatic carbocycles. The topological polar surface area (TPSA) is 36.7 Å². The van der Waals surface area contributed by atoms with Crippen molar-refractivity contribution < 1.29 is 0 Å². The normalized spacial score (nSPS) is 9.95. The third-order valence-electron chi connectivity index (χ3n) is 3.18. The highest BCUT2D eigenvalue weighted by Crippen LogP contribution is 2.22. The van der Waals surface area contributed by atoms with Gasteiger partial charge in [-0.05, 0) is 23.8 Å². The van der Waals surface area contributed by atoms with Gasteiger partial charge in [-0.25, -0.2) is 0 Å². The lowest BCUT2D eigenvalue weighted by Crippen LogP contribution is -1.85. The van der Waals surface area contributed by atoms with Crippen LogP contribution in [0.15, 0.2) is 72.9 Å². The molecule has 0 bridgehead atoms. The van der Waals surface area contributed by atoms with E-state index in [0.717, 1.165) is 22.4 Å². The molecular formula is C18H12N2. The zero-order valence-electron chi connectivity index (χ0n) is 10.8. The minimum Gasteiger partial charge on any atom is -0.256 e. The molecule has 0 aliphatic rings. The van der Waals surface area contributed by atoms with Crippen LogP contribution in [0.2, 0.25) is 0 Å². The molecule has 2 nitrogen and oxygen atoms in total. The van der Waals surface area contributed by atoms with Crippen molar-refractivity contribution in [2.75, 3.05) is 0 Å². The van der Waals surface area contributed by atoms with Gasteiger partial charge >= 0.3 is 0 Å². The van der Waals surface area contributed by atoms with Crippen LogP contribution in [-0.2, 0) is 0 Å². The van der Waals surface area contributed by atoms with E-state index in [4.69, 9.17) is 5.26 Å². The summed E-state index contributed by atoms with van der Waals surface area (Å²) in [7, 11) is 0. The quantitative estimate of drug-likeness (QED) is 0.686. The molecule has 0 N–H and O–H groups in total. The zero-order chi connectivity index (χ0) is 13.8. The molecule has 20 heavy (non-hydrogen) atoms. The van der Waals surface area contributed by atoms with Crippen molar-refractivity contribution in [2.24, 2.45) is 0 Å². The molecule has 3 rings (SSSR count). The average Bonchev–Trinajstić information content (AvgIpc) is 2.56. The summed E-state index contributed by atoms with van der Waals surface area (Å²) < 4.78 is 0. The van der Waals surface area contributed by atoms with Crippen molar-refractivity contribution in [3.05, 3.63) is 78.5 Å². The van der Waals surface area contributed by atoms with E-state index < -0.39 is 0 Å². The summed E-state index contributed by atoms with van der Waals surface area (Å²) in [5.41, 5.74) is 4.85. The van der Waals surface area contributed by atoms with Gasteiger partial charge in [0, 0.05) is 17.3 Å². The van der Waals surface area contributed by atoms with E-state index in [1.54, 1.807) is 0 Å². The van der Waals surface area contributed by atoms with E-state index in [1.165, 1.54) is 0 Å². The Morgan fingerprint density at radius 2 is 1.40 bits per heavy atom. The number of aromatic nitrogens is 1. The number of pyridine rings is 1. The number of benzene rings is 2. The second-order valence-corrected chi connectivity index (χ2v) is 4.49. The van der Waals surface area contributed by atoms with Crippen LogP contribution in [-0.4, -0.2) is 4.98 Å². The maximum atomic E-state index is 8.80. The van der Waals surface area contributed by atoms with Crippen molar-refractivity contribution in [1.29, 1.82) is 5.26 Å². The van der Waals surface area contributed by atoms with Gasteiger partial charge in [-0.1, -0.05) is 48.5 Å². The van der Waals surface area contributed by atoms with Crippen LogP contribution in [0.4, 0.5) is 0 Å². The predicted molar refractivity (Wildman–Crippen MR) is 79.8 cm³/mol. The monoisotopic (exact) mass is 256 g/mol. The van der Waals surface area contributed by atoms with Crippen molar-refractivity contribution in [1.82, 2.24) is 4.98 Å². The van der Waals surface area contributed by atoms with Crippen molar-refractivity contribution in [3.63, 3.8) is 0 Å². The summed E-state index contributed by atoms with van der Waals surface area (Å²) in [6.45, 7) is 0. The van der Waals surface area contributed by atoms with Gasteiger partial charge in [-0.2, -0.15) is 5.26 Å². The summed E-state index contributed by atoms with van der Waals surface area (Å²) in [5.74, 6) is 0. The third-order valence-corrected chi connectivity index (χ3v) is 3.18. The lowest BCUT2D eigenvalue weighted by atomic mass is 10.1. The Hall–Kier alpha value is -2.92. The molecule has 0 spiro atoms. The summed E-state index contributed by atoms with van der Waals surface area (Å²) >= 11 is 0. The van der Waals surface area contributed by atoms with E-state index in [-0.39, 0.29) is 0 Å². The Kier molecular flexibility index (Phi) is 3.26. The Balaban J connectivity index is 1.91. The minimum absolute atomic E-state index is 0.662. The number of hydrogen-bond donors (Lipinski definition) is 0. The Morgan fingerprint density at radius 3 is 2.00 bits per heavy atom. The molecule has 0 amide bonds. The van der Waals surface area contributed by atoms with E-state index in [1.807, 2.05) is 54.7 Å².